The van der Waals surface area contributed by atoms with Crippen LogP contribution in [0.5, 0.6) is 0 Å². The third-order valence-electron chi connectivity index (χ3n) is 3.42. The van der Waals surface area contributed by atoms with Crippen LogP contribution < -0.4 is 4.90 Å². The smallest absolute Gasteiger partial charge is 0.225 e. The van der Waals surface area contributed by atoms with Gasteiger partial charge in [-0.25, -0.2) is 9.97 Å². The van der Waals surface area contributed by atoms with Gasteiger partial charge in [0.2, 0.25) is 5.95 Å². The molecule has 2 aromatic rings. The summed E-state index contributed by atoms with van der Waals surface area (Å²) in [5.41, 5.74) is 2.03. The second kappa shape index (κ2) is 5.57. The highest BCUT2D eigenvalue weighted by Gasteiger charge is 2.13. The molecule has 1 aromatic carbocycles. The van der Waals surface area contributed by atoms with E-state index in [9.17, 15) is 0 Å². The summed E-state index contributed by atoms with van der Waals surface area (Å²) < 4.78 is 0. The van der Waals surface area contributed by atoms with E-state index >= 15 is 0 Å². The summed E-state index contributed by atoms with van der Waals surface area (Å²) in [7, 11) is 0. The van der Waals surface area contributed by atoms with Gasteiger partial charge in [0.25, 0.3) is 0 Å². The maximum absolute atomic E-state index is 5.91. The van der Waals surface area contributed by atoms with Crippen LogP contribution in [0.1, 0.15) is 19.3 Å². The lowest BCUT2D eigenvalue weighted by Gasteiger charge is -2.26. The summed E-state index contributed by atoms with van der Waals surface area (Å²) in [6.45, 7) is 2.12. The maximum atomic E-state index is 5.91. The molecule has 1 aromatic heterocycles. The molecule has 0 bridgehead atoms. The Morgan fingerprint density at radius 1 is 0.947 bits per heavy atom. The summed E-state index contributed by atoms with van der Waals surface area (Å²) in [6.07, 6.45) is 5.61. The normalized spacial score (nSPS) is 15.5. The van der Waals surface area contributed by atoms with Crippen molar-refractivity contribution in [1.29, 1.82) is 0 Å². The third kappa shape index (κ3) is 2.87. The fraction of sp³-hybridized carbons (Fsp3) is 0.333. The molecule has 0 amide bonds. The number of benzene rings is 1. The van der Waals surface area contributed by atoms with E-state index < -0.39 is 0 Å². The van der Waals surface area contributed by atoms with Crippen molar-refractivity contribution >= 4 is 17.5 Å². The largest absolute Gasteiger partial charge is 0.341 e. The molecule has 2 heterocycles. The van der Waals surface area contributed by atoms with Crippen LogP contribution in [0.25, 0.3) is 11.3 Å². The zero-order valence-corrected chi connectivity index (χ0v) is 11.5. The van der Waals surface area contributed by atoms with Crippen molar-refractivity contribution in [3.63, 3.8) is 0 Å². The second-order valence-corrected chi connectivity index (χ2v) is 5.23. The Morgan fingerprint density at radius 3 is 2.42 bits per heavy atom. The molecule has 0 spiro atoms. The van der Waals surface area contributed by atoms with Crippen molar-refractivity contribution in [2.45, 2.75) is 19.3 Å². The number of piperidine rings is 1. The second-order valence-electron chi connectivity index (χ2n) is 4.80. The molecule has 98 valence electrons. The van der Waals surface area contributed by atoms with Crippen molar-refractivity contribution < 1.29 is 0 Å². The fourth-order valence-electron chi connectivity index (χ4n) is 2.38. The van der Waals surface area contributed by atoms with E-state index in [-0.39, 0.29) is 0 Å². The SMILES string of the molecule is Clc1ccc(-c2ccnc(N3CCCCC3)n2)cc1. The summed E-state index contributed by atoms with van der Waals surface area (Å²) in [5, 5.41) is 0.745. The van der Waals surface area contributed by atoms with Gasteiger partial charge in [0.15, 0.2) is 0 Å². The molecule has 0 unspecified atom stereocenters. The first kappa shape index (κ1) is 12.4. The van der Waals surface area contributed by atoms with Gasteiger partial charge >= 0.3 is 0 Å². The molecular formula is C15H16ClN3. The number of halogens is 1. The van der Waals surface area contributed by atoms with Crippen LogP contribution in [-0.2, 0) is 0 Å². The zero-order valence-electron chi connectivity index (χ0n) is 10.7. The fourth-order valence-corrected chi connectivity index (χ4v) is 2.50. The van der Waals surface area contributed by atoms with Crippen molar-refractivity contribution in [2.24, 2.45) is 0 Å². The molecule has 0 N–H and O–H groups in total. The number of hydrogen-bond acceptors (Lipinski definition) is 3. The molecular weight excluding hydrogens is 258 g/mol. The van der Waals surface area contributed by atoms with E-state index in [2.05, 4.69) is 14.9 Å². The van der Waals surface area contributed by atoms with E-state index in [1.807, 2.05) is 36.5 Å². The predicted molar refractivity (Wildman–Crippen MR) is 78.5 cm³/mol. The molecule has 3 rings (SSSR count). The van der Waals surface area contributed by atoms with Crippen molar-refractivity contribution in [1.82, 2.24) is 9.97 Å². The molecule has 19 heavy (non-hydrogen) atoms. The lowest BCUT2D eigenvalue weighted by molar-refractivity contribution is 0.568. The first-order valence-corrected chi connectivity index (χ1v) is 7.05. The van der Waals surface area contributed by atoms with Crippen molar-refractivity contribution in [3.8, 4) is 11.3 Å². The number of nitrogens with zero attached hydrogens (tertiary/aromatic N) is 3. The van der Waals surface area contributed by atoms with E-state index in [1.54, 1.807) is 0 Å². The monoisotopic (exact) mass is 273 g/mol. The summed E-state index contributed by atoms with van der Waals surface area (Å²) in [4.78, 5) is 11.3. The number of aromatic nitrogens is 2. The van der Waals surface area contributed by atoms with Gasteiger partial charge in [-0.3, -0.25) is 0 Å². The zero-order chi connectivity index (χ0) is 13.1. The standard InChI is InChI=1S/C15H16ClN3/c16-13-6-4-12(5-7-13)14-8-9-17-15(18-14)19-10-2-1-3-11-19/h4-9H,1-3,10-11H2. The molecule has 0 radical (unpaired) electrons. The quantitative estimate of drug-likeness (QED) is 0.834. The molecule has 0 saturated carbocycles. The summed E-state index contributed by atoms with van der Waals surface area (Å²) in [5.74, 6) is 0.840. The molecule has 1 aliphatic rings. The molecule has 1 fully saturated rings. The minimum atomic E-state index is 0.745. The Labute approximate surface area is 118 Å². The van der Waals surface area contributed by atoms with E-state index in [4.69, 9.17) is 11.6 Å². The topological polar surface area (TPSA) is 29.0 Å². The van der Waals surface area contributed by atoms with Crippen LogP contribution in [0.3, 0.4) is 0 Å². The Hall–Kier alpha value is -1.61. The average Bonchev–Trinajstić information content (AvgIpc) is 2.49. The van der Waals surface area contributed by atoms with Crippen LogP contribution in [0, 0.1) is 0 Å². The van der Waals surface area contributed by atoms with Gasteiger partial charge in [0, 0.05) is 29.9 Å². The third-order valence-corrected chi connectivity index (χ3v) is 3.67. The van der Waals surface area contributed by atoms with E-state index in [1.165, 1.54) is 19.3 Å². The Balaban J connectivity index is 1.88. The average molecular weight is 274 g/mol. The van der Waals surface area contributed by atoms with Gasteiger partial charge in [0.05, 0.1) is 5.69 Å². The minimum Gasteiger partial charge on any atom is -0.341 e. The number of anilines is 1. The van der Waals surface area contributed by atoms with Gasteiger partial charge in [-0.2, -0.15) is 0 Å². The number of rotatable bonds is 2. The number of hydrogen-bond donors (Lipinski definition) is 0. The molecule has 4 heteroatoms. The minimum absolute atomic E-state index is 0.745. The molecule has 1 saturated heterocycles. The van der Waals surface area contributed by atoms with Crippen LogP contribution in [0.2, 0.25) is 5.02 Å². The van der Waals surface area contributed by atoms with Crippen LogP contribution in [-0.4, -0.2) is 23.1 Å². The first-order chi connectivity index (χ1) is 9.33. The lowest BCUT2D eigenvalue weighted by Crippen LogP contribution is -2.30. The van der Waals surface area contributed by atoms with Gasteiger partial charge in [0.1, 0.15) is 0 Å². The molecule has 3 nitrogen and oxygen atoms in total. The van der Waals surface area contributed by atoms with Gasteiger partial charge in [-0.1, -0.05) is 23.7 Å². The Bertz CT molecular complexity index is 548. The van der Waals surface area contributed by atoms with Crippen molar-refractivity contribution in [3.05, 3.63) is 41.6 Å². The summed E-state index contributed by atoms with van der Waals surface area (Å²) >= 11 is 5.91. The molecule has 0 atom stereocenters. The Kier molecular flexibility index (Phi) is 3.65. The van der Waals surface area contributed by atoms with E-state index in [0.717, 1.165) is 35.3 Å². The summed E-state index contributed by atoms with van der Waals surface area (Å²) in [6, 6.07) is 9.70. The highest BCUT2D eigenvalue weighted by atomic mass is 35.5. The van der Waals surface area contributed by atoms with E-state index in [0.29, 0.717) is 0 Å². The predicted octanol–water partition coefficient (Wildman–Crippen LogP) is 3.79. The van der Waals surface area contributed by atoms with Gasteiger partial charge in [-0.15, -0.1) is 0 Å². The maximum Gasteiger partial charge on any atom is 0.225 e. The van der Waals surface area contributed by atoms with Gasteiger partial charge in [-0.05, 0) is 37.5 Å². The lowest BCUT2D eigenvalue weighted by atomic mass is 10.1. The van der Waals surface area contributed by atoms with Crippen molar-refractivity contribution in [2.75, 3.05) is 18.0 Å². The van der Waals surface area contributed by atoms with Crippen LogP contribution >= 0.6 is 11.6 Å². The molecule has 1 aliphatic heterocycles. The Morgan fingerprint density at radius 2 is 1.68 bits per heavy atom. The first-order valence-electron chi connectivity index (χ1n) is 6.67. The van der Waals surface area contributed by atoms with Gasteiger partial charge < -0.3 is 4.90 Å². The highest BCUT2D eigenvalue weighted by molar-refractivity contribution is 6.30. The van der Waals surface area contributed by atoms with Crippen LogP contribution in [0.15, 0.2) is 36.5 Å². The molecule has 0 aliphatic carbocycles. The highest BCUT2D eigenvalue weighted by Crippen LogP contribution is 2.22. The van der Waals surface area contributed by atoms with Crippen LogP contribution in [0.4, 0.5) is 5.95 Å².